The number of benzene rings is 1. The minimum atomic E-state index is -0.472. The Morgan fingerprint density at radius 3 is 2.71 bits per heavy atom. The molecule has 9 nitrogen and oxygen atoms in total. The van der Waals surface area contributed by atoms with E-state index in [-0.39, 0.29) is 36.2 Å². The molecule has 2 amide bonds. The molecule has 0 aliphatic carbocycles. The SMILES string of the molecule is Cc1ccc2c(c1)c(=O)n(CCC(=O)NC(C)C)c1nnc(SCC(N)=O)n21. The molecule has 0 spiro atoms. The zero-order valence-electron chi connectivity index (χ0n) is 15.9. The van der Waals surface area contributed by atoms with Crippen LogP contribution in [0, 0.1) is 6.92 Å². The molecule has 2 aromatic heterocycles. The molecule has 0 saturated carbocycles. The van der Waals surface area contributed by atoms with Gasteiger partial charge in [-0.1, -0.05) is 23.4 Å². The number of fused-ring (bicyclic) bond motifs is 3. The second-order valence-electron chi connectivity index (χ2n) is 6.82. The van der Waals surface area contributed by atoms with E-state index in [0.29, 0.717) is 21.8 Å². The molecule has 28 heavy (non-hydrogen) atoms. The predicted molar refractivity (Wildman–Crippen MR) is 107 cm³/mol. The zero-order valence-corrected chi connectivity index (χ0v) is 16.7. The van der Waals surface area contributed by atoms with E-state index in [1.54, 1.807) is 10.5 Å². The summed E-state index contributed by atoms with van der Waals surface area (Å²) in [6.07, 6.45) is 0.141. The van der Waals surface area contributed by atoms with E-state index < -0.39 is 5.91 Å². The van der Waals surface area contributed by atoms with Gasteiger partial charge in [-0.2, -0.15) is 0 Å². The number of thioether (sulfide) groups is 1. The third-order valence-corrected chi connectivity index (χ3v) is 5.03. The normalized spacial score (nSPS) is 11.4. The van der Waals surface area contributed by atoms with Gasteiger partial charge >= 0.3 is 0 Å². The summed E-state index contributed by atoms with van der Waals surface area (Å²) in [5, 5.41) is 12.0. The molecule has 10 heteroatoms. The molecule has 1 aromatic carbocycles. The molecule has 0 aliphatic rings. The van der Waals surface area contributed by atoms with Gasteiger partial charge in [0.25, 0.3) is 5.56 Å². The number of amides is 2. The molecular weight excluding hydrogens is 380 g/mol. The second-order valence-corrected chi connectivity index (χ2v) is 7.77. The molecule has 0 saturated heterocycles. The number of primary amides is 1. The van der Waals surface area contributed by atoms with E-state index in [1.807, 2.05) is 32.9 Å². The Morgan fingerprint density at radius 2 is 2.04 bits per heavy atom. The monoisotopic (exact) mass is 402 g/mol. The van der Waals surface area contributed by atoms with Crippen LogP contribution in [-0.4, -0.2) is 42.8 Å². The molecule has 0 atom stereocenters. The van der Waals surface area contributed by atoms with Gasteiger partial charge in [0.1, 0.15) is 0 Å². The van der Waals surface area contributed by atoms with Crippen LogP contribution < -0.4 is 16.6 Å². The number of hydrogen-bond donors (Lipinski definition) is 2. The highest BCUT2D eigenvalue weighted by Gasteiger charge is 2.18. The quantitative estimate of drug-likeness (QED) is 0.565. The van der Waals surface area contributed by atoms with Gasteiger partial charge in [0, 0.05) is 19.0 Å². The average Bonchev–Trinajstić information content (AvgIpc) is 3.03. The van der Waals surface area contributed by atoms with Crippen LogP contribution in [0.4, 0.5) is 0 Å². The van der Waals surface area contributed by atoms with Crippen molar-refractivity contribution in [1.82, 2.24) is 24.5 Å². The summed E-state index contributed by atoms with van der Waals surface area (Å²) in [4.78, 5) is 36.3. The highest BCUT2D eigenvalue weighted by atomic mass is 32.2. The van der Waals surface area contributed by atoms with E-state index in [2.05, 4.69) is 15.5 Å². The number of aromatic nitrogens is 4. The first-order valence-electron chi connectivity index (χ1n) is 8.86. The summed E-state index contributed by atoms with van der Waals surface area (Å²) in [5.74, 6) is -0.247. The van der Waals surface area contributed by atoms with Crippen molar-refractivity contribution in [3.63, 3.8) is 0 Å². The summed E-state index contributed by atoms with van der Waals surface area (Å²) in [5.41, 5.74) is 6.59. The van der Waals surface area contributed by atoms with Crippen LogP contribution >= 0.6 is 11.8 Å². The van der Waals surface area contributed by atoms with Gasteiger partial charge in [-0.05, 0) is 32.9 Å². The number of carbonyl (C=O) groups excluding carboxylic acids is 2. The summed E-state index contributed by atoms with van der Waals surface area (Å²) in [7, 11) is 0. The average molecular weight is 402 g/mol. The lowest BCUT2D eigenvalue weighted by atomic mass is 10.1. The highest BCUT2D eigenvalue weighted by molar-refractivity contribution is 7.99. The van der Waals surface area contributed by atoms with Crippen molar-refractivity contribution in [3.8, 4) is 0 Å². The largest absolute Gasteiger partial charge is 0.369 e. The second kappa shape index (κ2) is 8.01. The fourth-order valence-corrected chi connectivity index (χ4v) is 3.62. The van der Waals surface area contributed by atoms with Crippen LogP contribution in [0.15, 0.2) is 28.2 Å². The van der Waals surface area contributed by atoms with Gasteiger partial charge in [0.15, 0.2) is 5.16 Å². The van der Waals surface area contributed by atoms with Gasteiger partial charge in [-0.15, -0.1) is 10.2 Å². The van der Waals surface area contributed by atoms with Gasteiger partial charge in [-0.25, -0.2) is 0 Å². The van der Waals surface area contributed by atoms with Crippen molar-refractivity contribution in [2.45, 2.75) is 44.9 Å². The van der Waals surface area contributed by atoms with E-state index in [1.165, 1.54) is 4.57 Å². The Balaban J connectivity index is 2.13. The summed E-state index contributed by atoms with van der Waals surface area (Å²) in [6.45, 7) is 5.82. The Labute approximate surface area is 165 Å². The topological polar surface area (TPSA) is 124 Å². The lowest BCUT2D eigenvalue weighted by molar-refractivity contribution is -0.121. The van der Waals surface area contributed by atoms with Gasteiger partial charge in [-0.3, -0.25) is 23.4 Å². The van der Waals surface area contributed by atoms with Crippen LogP contribution in [0.1, 0.15) is 25.8 Å². The van der Waals surface area contributed by atoms with Crippen LogP contribution in [0.3, 0.4) is 0 Å². The molecule has 0 bridgehead atoms. The molecule has 148 valence electrons. The lowest BCUT2D eigenvalue weighted by Gasteiger charge is -2.12. The Hall–Kier alpha value is -2.88. The van der Waals surface area contributed by atoms with Crippen LogP contribution in [0.5, 0.6) is 0 Å². The number of nitrogens with two attached hydrogens (primary N) is 1. The third-order valence-electron chi connectivity index (χ3n) is 4.08. The minimum absolute atomic E-state index is 0.0217. The van der Waals surface area contributed by atoms with Crippen molar-refractivity contribution in [2.75, 3.05) is 5.75 Å². The van der Waals surface area contributed by atoms with E-state index in [4.69, 9.17) is 5.73 Å². The highest BCUT2D eigenvalue weighted by Crippen LogP contribution is 2.22. The van der Waals surface area contributed by atoms with Crippen LogP contribution in [0.25, 0.3) is 16.7 Å². The van der Waals surface area contributed by atoms with Crippen LogP contribution in [0.2, 0.25) is 0 Å². The number of carbonyl (C=O) groups is 2. The number of rotatable bonds is 7. The maximum Gasteiger partial charge on any atom is 0.262 e. The molecule has 3 rings (SSSR count). The molecule has 0 radical (unpaired) electrons. The fraction of sp³-hybridized carbons (Fsp3) is 0.389. The lowest BCUT2D eigenvalue weighted by Crippen LogP contribution is -2.32. The van der Waals surface area contributed by atoms with E-state index in [0.717, 1.165) is 17.3 Å². The van der Waals surface area contributed by atoms with Gasteiger partial charge in [0.05, 0.1) is 16.7 Å². The molecule has 3 N–H and O–H groups in total. The summed E-state index contributed by atoms with van der Waals surface area (Å²) in [6, 6.07) is 5.54. The third kappa shape index (κ3) is 4.01. The van der Waals surface area contributed by atoms with Crippen molar-refractivity contribution in [3.05, 3.63) is 34.1 Å². The Bertz CT molecular complexity index is 1120. The van der Waals surface area contributed by atoms with Crippen molar-refractivity contribution >= 4 is 40.3 Å². The minimum Gasteiger partial charge on any atom is -0.369 e. The Kier molecular flexibility index (Phi) is 5.68. The summed E-state index contributed by atoms with van der Waals surface area (Å²) >= 11 is 1.15. The molecule has 3 aromatic rings. The molecular formula is C18H22N6O3S. The number of hydrogen-bond acceptors (Lipinski definition) is 6. The smallest absolute Gasteiger partial charge is 0.262 e. The maximum atomic E-state index is 13.1. The first-order valence-corrected chi connectivity index (χ1v) is 9.85. The number of nitrogens with one attached hydrogen (secondary N) is 1. The first kappa shape index (κ1) is 19.9. The molecule has 0 aliphatic heterocycles. The zero-order chi connectivity index (χ0) is 20.4. The van der Waals surface area contributed by atoms with Crippen molar-refractivity contribution < 1.29 is 9.59 Å². The van der Waals surface area contributed by atoms with E-state index >= 15 is 0 Å². The van der Waals surface area contributed by atoms with Gasteiger partial charge in [0.2, 0.25) is 17.6 Å². The Morgan fingerprint density at radius 1 is 1.29 bits per heavy atom. The van der Waals surface area contributed by atoms with Crippen LogP contribution in [-0.2, 0) is 16.1 Å². The maximum absolute atomic E-state index is 13.1. The fourth-order valence-electron chi connectivity index (χ4n) is 2.94. The summed E-state index contributed by atoms with van der Waals surface area (Å²) < 4.78 is 3.17. The number of nitrogens with zero attached hydrogens (tertiary/aromatic N) is 4. The molecule has 2 heterocycles. The van der Waals surface area contributed by atoms with Crippen molar-refractivity contribution in [2.24, 2.45) is 5.73 Å². The number of aryl methyl sites for hydroxylation is 2. The van der Waals surface area contributed by atoms with Gasteiger partial charge < -0.3 is 11.1 Å². The standard InChI is InChI=1S/C18H22N6O3S/c1-10(2)20-15(26)6-7-23-16(27)12-8-11(3)4-5-13(12)24-17(23)21-22-18(24)28-9-14(19)25/h4-5,8,10H,6-7,9H2,1-3H3,(H2,19,25)(H,20,26). The molecule has 0 fully saturated rings. The predicted octanol–water partition coefficient (Wildman–Crippen LogP) is 0.845. The van der Waals surface area contributed by atoms with Crippen molar-refractivity contribution in [1.29, 1.82) is 0 Å². The van der Waals surface area contributed by atoms with E-state index in [9.17, 15) is 14.4 Å². The molecule has 0 unspecified atom stereocenters. The first-order chi connectivity index (χ1) is 13.3.